The Hall–Kier alpha value is -1.63. The van der Waals surface area contributed by atoms with E-state index in [4.69, 9.17) is 0 Å². The number of nitrogens with one attached hydrogen (secondary N) is 3. The van der Waals surface area contributed by atoms with Crippen LogP contribution in [0, 0.1) is 5.92 Å². The van der Waals surface area contributed by atoms with Gasteiger partial charge in [-0.3, -0.25) is 4.79 Å². The van der Waals surface area contributed by atoms with Gasteiger partial charge in [0.15, 0.2) is 5.96 Å². The molecule has 0 saturated heterocycles. The van der Waals surface area contributed by atoms with Crippen LogP contribution in [0.25, 0.3) is 0 Å². The number of nitrogens with zero attached hydrogens (tertiary/aromatic N) is 2. The second kappa shape index (κ2) is 8.46. The fraction of sp³-hybridized carbons (Fsp3) is 0.706. The molecule has 1 fully saturated rings. The number of aromatic nitrogens is 1. The zero-order valence-electron chi connectivity index (χ0n) is 15.1. The Morgan fingerprint density at radius 2 is 2.00 bits per heavy atom. The van der Waals surface area contributed by atoms with Gasteiger partial charge in [-0.15, -0.1) is 11.3 Å². The minimum absolute atomic E-state index is 0.0785. The van der Waals surface area contributed by atoms with Gasteiger partial charge in [0, 0.05) is 36.3 Å². The van der Waals surface area contributed by atoms with Gasteiger partial charge in [-0.1, -0.05) is 20.8 Å². The van der Waals surface area contributed by atoms with Crippen molar-refractivity contribution in [3.8, 4) is 0 Å². The van der Waals surface area contributed by atoms with E-state index in [0.29, 0.717) is 19.6 Å². The van der Waals surface area contributed by atoms with E-state index in [2.05, 4.69) is 52.1 Å². The van der Waals surface area contributed by atoms with Crippen LogP contribution in [-0.4, -0.2) is 36.5 Å². The first-order valence-electron chi connectivity index (χ1n) is 8.65. The summed E-state index contributed by atoms with van der Waals surface area (Å²) in [7, 11) is 0. The Labute approximate surface area is 148 Å². The molecule has 0 bridgehead atoms. The molecule has 6 nitrogen and oxygen atoms in total. The first-order valence-corrected chi connectivity index (χ1v) is 9.53. The molecule has 0 radical (unpaired) electrons. The number of thiazole rings is 1. The van der Waals surface area contributed by atoms with Crippen LogP contribution in [0.4, 0.5) is 0 Å². The SMILES string of the molecule is CCNC(=NCc1csc(C(C)(C)C)n1)NCCNC(=O)C1CC1. The monoisotopic (exact) mass is 351 g/mol. The predicted molar refractivity (Wildman–Crippen MR) is 99.4 cm³/mol. The summed E-state index contributed by atoms with van der Waals surface area (Å²) in [6, 6.07) is 0. The van der Waals surface area contributed by atoms with Gasteiger partial charge in [-0.2, -0.15) is 0 Å². The maximum absolute atomic E-state index is 11.6. The highest BCUT2D eigenvalue weighted by Gasteiger charge is 2.28. The van der Waals surface area contributed by atoms with Gasteiger partial charge in [0.05, 0.1) is 17.2 Å². The van der Waals surface area contributed by atoms with Crippen molar-refractivity contribution in [2.24, 2.45) is 10.9 Å². The van der Waals surface area contributed by atoms with Crippen LogP contribution in [0.1, 0.15) is 51.2 Å². The zero-order chi connectivity index (χ0) is 17.6. The van der Waals surface area contributed by atoms with Crippen LogP contribution in [0.5, 0.6) is 0 Å². The molecule has 1 aromatic heterocycles. The average molecular weight is 352 g/mol. The minimum Gasteiger partial charge on any atom is -0.357 e. The molecule has 0 atom stereocenters. The van der Waals surface area contributed by atoms with E-state index < -0.39 is 0 Å². The lowest BCUT2D eigenvalue weighted by atomic mass is 9.98. The Morgan fingerprint density at radius 1 is 1.29 bits per heavy atom. The molecular formula is C17H29N5OS. The van der Waals surface area contributed by atoms with Gasteiger partial charge in [0.1, 0.15) is 0 Å². The molecule has 1 amide bonds. The third kappa shape index (κ3) is 6.11. The maximum atomic E-state index is 11.6. The van der Waals surface area contributed by atoms with Crippen molar-refractivity contribution in [2.45, 2.75) is 52.5 Å². The van der Waals surface area contributed by atoms with Gasteiger partial charge in [-0.25, -0.2) is 9.98 Å². The third-order valence-electron chi connectivity index (χ3n) is 3.60. The van der Waals surface area contributed by atoms with Gasteiger partial charge >= 0.3 is 0 Å². The quantitative estimate of drug-likeness (QED) is 0.399. The second-order valence-electron chi connectivity index (χ2n) is 7.08. The number of guanidine groups is 1. The molecule has 1 aliphatic carbocycles. The lowest BCUT2D eigenvalue weighted by Crippen LogP contribution is -2.41. The summed E-state index contributed by atoms with van der Waals surface area (Å²) in [6.45, 7) is 11.2. The lowest BCUT2D eigenvalue weighted by molar-refractivity contribution is -0.122. The van der Waals surface area contributed by atoms with Gasteiger partial charge in [-0.05, 0) is 19.8 Å². The van der Waals surface area contributed by atoms with Crippen molar-refractivity contribution in [3.05, 3.63) is 16.1 Å². The molecule has 0 unspecified atom stereocenters. The number of rotatable bonds is 7. The van der Waals surface area contributed by atoms with Crippen molar-refractivity contribution in [3.63, 3.8) is 0 Å². The summed E-state index contributed by atoms with van der Waals surface area (Å²) in [4.78, 5) is 20.8. The van der Waals surface area contributed by atoms with Crippen molar-refractivity contribution in [1.29, 1.82) is 0 Å². The van der Waals surface area contributed by atoms with Crippen LogP contribution in [0.2, 0.25) is 0 Å². The summed E-state index contributed by atoms with van der Waals surface area (Å²) in [6.07, 6.45) is 2.07. The summed E-state index contributed by atoms with van der Waals surface area (Å²) in [5, 5.41) is 12.6. The van der Waals surface area contributed by atoms with E-state index >= 15 is 0 Å². The average Bonchev–Trinajstić information content (AvgIpc) is 3.25. The van der Waals surface area contributed by atoms with E-state index in [1.54, 1.807) is 11.3 Å². The molecule has 3 N–H and O–H groups in total. The van der Waals surface area contributed by atoms with E-state index in [-0.39, 0.29) is 17.2 Å². The number of hydrogen-bond acceptors (Lipinski definition) is 4. The molecule has 134 valence electrons. The van der Waals surface area contributed by atoms with Crippen LogP contribution in [0.15, 0.2) is 10.4 Å². The highest BCUT2D eigenvalue weighted by Crippen LogP contribution is 2.28. The van der Waals surface area contributed by atoms with Crippen molar-refractivity contribution < 1.29 is 4.79 Å². The predicted octanol–water partition coefficient (Wildman–Crippen LogP) is 2.02. The molecule has 1 saturated carbocycles. The number of carbonyl (C=O) groups excluding carboxylic acids is 1. The Kier molecular flexibility index (Phi) is 6.60. The summed E-state index contributed by atoms with van der Waals surface area (Å²) >= 11 is 1.69. The third-order valence-corrected chi connectivity index (χ3v) is 4.92. The number of carbonyl (C=O) groups is 1. The fourth-order valence-electron chi connectivity index (χ4n) is 2.08. The van der Waals surface area contributed by atoms with Crippen LogP contribution in [0.3, 0.4) is 0 Å². The first-order chi connectivity index (χ1) is 11.4. The Bertz CT molecular complexity index is 572. The molecule has 1 heterocycles. The molecule has 0 aliphatic heterocycles. The van der Waals surface area contributed by atoms with Crippen LogP contribution < -0.4 is 16.0 Å². The molecule has 24 heavy (non-hydrogen) atoms. The minimum atomic E-state index is 0.0785. The van der Waals surface area contributed by atoms with Crippen molar-refractivity contribution >= 4 is 23.2 Å². The molecule has 2 rings (SSSR count). The van der Waals surface area contributed by atoms with Gasteiger partial charge in [0.25, 0.3) is 0 Å². The number of hydrogen-bond donors (Lipinski definition) is 3. The summed E-state index contributed by atoms with van der Waals surface area (Å²) in [5.41, 5.74) is 1.07. The lowest BCUT2D eigenvalue weighted by Gasteiger charge is -2.13. The molecule has 7 heteroatoms. The second-order valence-corrected chi connectivity index (χ2v) is 7.94. The van der Waals surface area contributed by atoms with Crippen molar-refractivity contribution in [1.82, 2.24) is 20.9 Å². The molecule has 0 aromatic carbocycles. The van der Waals surface area contributed by atoms with Crippen LogP contribution >= 0.6 is 11.3 Å². The molecule has 1 aliphatic rings. The normalized spacial score (nSPS) is 15.2. The summed E-state index contributed by atoms with van der Waals surface area (Å²) in [5.74, 6) is 1.19. The van der Waals surface area contributed by atoms with E-state index in [0.717, 1.165) is 36.0 Å². The largest absolute Gasteiger partial charge is 0.357 e. The standard InChI is InChI=1S/C17H29N5OS/c1-5-18-16(20-9-8-19-14(23)12-6-7-12)21-10-13-11-24-15(22-13)17(2,3)4/h11-12H,5-10H2,1-4H3,(H,19,23)(H2,18,20,21). The highest BCUT2D eigenvalue weighted by atomic mass is 32.1. The fourth-order valence-corrected chi connectivity index (χ4v) is 2.98. The molecule has 0 spiro atoms. The smallest absolute Gasteiger partial charge is 0.223 e. The van der Waals surface area contributed by atoms with E-state index in [1.807, 2.05) is 6.92 Å². The Morgan fingerprint density at radius 3 is 2.58 bits per heavy atom. The molecular weight excluding hydrogens is 322 g/mol. The highest BCUT2D eigenvalue weighted by molar-refractivity contribution is 7.09. The summed E-state index contributed by atoms with van der Waals surface area (Å²) < 4.78 is 0. The Balaban J connectivity index is 1.78. The topological polar surface area (TPSA) is 78.4 Å². The maximum Gasteiger partial charge on any atom is 0.223 e. The van der Waals surface area contributed by atoms with Crippen molar-refractivity contribution in [2.75, 3.05) is 19.6 Å². The number of aliphatic imine (C=N–C) groups is 1. The van der Waals surface area contributed by atoms with Gasteiger partial charge in [0.2, 0.25) is 5.91 Å². The van der Waals surface area contributed by atoms with E-state index in [9.17, 15) is 4.79 Å². The van der Waals surface area contributed by atoms with Crippen LogP contribution in [-0.2, 0) is 16.8 Å². The number of amides is 1. The van der Waals surface area contributed by atoms with Gasteiger partial charge < -0.3 is 16.0 Å². The molecule has 1 aromatic rings. The van der Waals surface area contributed by atoms with E-state index in [1.165, 1.54) is 0 Å². The zero-order valence-corrected chi connectivity index (χ0v) is 15.9. The first kappa shape index (κ1) is 18.7.